The average Bonchev–Trinajstić information content (AvgIpc) is 2.41. The van der Waals surface area contributed by atoms with Crippen LogP contribution in [0.4, 0.5) is 0 Å². The molecule has 1 unspecified atom stereocenters. The number of hydrogen-bond donors (Lipinski definition) is 2. The zero-order chi connectivity index (χ0) is 15.0. The Morgan fingerprint density at radius 3 is 2.45 bits per heavy atom. The van der Waals surface area contributed by atoms with E-state index in [4.69, 9.17) is 5.11 Å². The molecule has 0 aromatic heterocycles. The van der Waals surface area contributed by atoms with Gasteiger partial charge in [-0.05, 0) is 25.0 Å². The fourth-order valence-corrected chi connectivity index (χ4v) is 1.56. The van der Waals surface area contributed by atoms with E-state index in [-0.39, 0.29) is 18.6 Å². The van der Waals surface area contributed by atoms with E-state index in [9.17, 15) is 14.4 Å². The zero-order valence-corrected chi connectivity index (χ0v) is 11.2. The third kappa shape index (κ3) is 5.95. The minimum atomic E-state index is -1.15. The molecule has 2 N–H and O–H groups in total. The second kappa shape index (κ2) is 7.89. The summed E-state index contributed by atoms with van der Waals surface area (Å²) in [4.78, 5) is 33.4. The van der Waals surface area contributed by atoms with Crippen LogP contribution < -0.4 is 5.32 Å². The van der Waals surface area contributed by atoms with E-state index in [0.29, 0.717) is 0 Å². The normalized spacial score (nSPS) is 12.1. The fraction of sp³-hybridized carbons (Fsp3) is 0.267. The van der Waals surface area contributed by atoms with Gasteiger partial charge in [0.15, 0.2) is 0 Å². The van der Waals surface area contributed by atoms with Crippen LogP contribution in [0.2, 0.25) is 0 Å². The van der Waals surface area contributed by atoms with Gasteiger partial charge in [-0.25, -0.2) is 4.79 Å². The standard InChI is InChI=1S/C15H17NO4/c1-11(17)7-9-13(15(19)20)16-14(18)10-8-12-5-3-2-4-6-12/h2-6,8,10,13H,7,9H2,1H3,(H,16,18)(H,19,20)/b10-8+. The zero-order valence-electron chi connectivity index (χ0n) is 11.2. The maximum atomic E-state index is 11.6. The lowest BCUT2D eigenvalue weighted by molar-refractivity contribution is -0.141. The van der Waals surface area contributed by atoms with Gasteiger partial charge in [-0.3, -0.25) is 4.79 Å². The Morgan fingerprint density at radius 2 is 1.90 bits per heavy atom. The molecule has 0 aliphatic heterocycles. The molecule has 0 aliphatic carbocycles. The van der Waals surface area contributed by atoms with Crippen LogP contribution in [-0.2, 0) is 14.4 Å². The van der Waals surface area contributed by atoms with Gasteiger partial charge in [0.05, 0.1) is 0 Å². The van der Waals surface area contributed by atoms with E-state index in [1.54, 1.807) is 6.08 Å². The van der Waals surface area contributed by atoms with Crippen LogP contribution in [0.25, 0.3) is 6.08 Å². The molecule has 1 aromatic rings. The van der Waals surface area contributed by atoms with Crippen molar-refractivity contribution in [3.05, 3.63) is 42.0 Å². The van der Waals surface area contributed by atoms with Crippen LogP contribution in [0.5, 0.6) is 0 Å². The summed E-state index contributed by atoms with van der Waals surface area (Å²) in [5.74, 6) is -1.75. The van der Waals surface area contributed by atoms with Crippen LogP contribution in [0.15, 0.2) is 36.4 Å². The molecule has 0 aliphatic rings. The molecule has 1 amide bonds. The lowest BCUT2D eigenvalue weighted by Gasteiger charge is -2.12. The van der Waals surface area contributed by atoms with Gasteiger partial charge in [-0.1, -0.05) is 30.3 Å². The van der Waals surface area contributed by atoms with E-state index in [1.165, 1.54) is 13.0 Å². The number of nitrogens with one attached hydrogen (secondary N) is 1. The van der Waals surface area contributed by atoms with Crippen molar-refractivity contribution in [2.75, 3.05) is 0 Å². The first-order valence-electron chi connectivity index (χ1n) is 6.25. The summed E-state index contributed by atoms with van der Waals surface area (Å²) in [6.07, 6.45) is 3.09. The molecule has 0 spiro atoms. The number of carbonyl (C=O) groups excluding carboxylic acids is 2. The summed E-state index contributed by atoms with van der Waals surface area (Å²) >= 11 is 0. The minimum Gasteiger partial charge on any atom is -0.480 e. The molecule has 0 radical (unpaired) electrons. The highest BCUT2D eigenvalue weighted by atomic mass is 16.4. The summed E-state index contributed by atoms with van der Waals surface area (Å²) in [6, 6.07) is 8.14. The van der Waals surface area contributed by atoms with Gasteiger partial charge >= 0.3 is 5.97 Å². The van der Waals surface area contributed by atoms with Crippen molar-refractivity contribution in [3.63, 3.8) is 0 Å². The average molecular weight is 275 g/mol. The summed E-state index contributed by atoms with van der Waals surface area (Å²) in [5.41, 5.74) is 0.846. The SMILES string of the molecule is CC(=O)CCC(NC(=O)/C=C/c1ccccc1)C(=O)O. The lowest BCUT2D eigenvalue weighted by Crippen LogP contribution is -2.40. The van der Waals surface area contributed by atoms with Crippen molar-refractivity contribution in [1.82, 2.24) is 5.32 Å². The molecule has 1 rings (SSSR count). The van der Waals surface area contributed by atoms with Gasteiger partial charge in [-0.15, -0.1) is 0 Å². The van der Waals surface area contributed by atoms with Crippen molar-refractivity contribution >= 4 is 23.7 Å². The Balaban J connectivity index is 2.56. The van der Waals surface area contributed by atoms with Gasteiger partial charge in [-0.2, -0.15) is 0 Å². The maximum absolute atomic E-state index is 11.6. The van der Waals surface area contributed by atoms with Crippen molar-refractivity contribution < 1.29 is 19.5 Å². The number of amides is 1. The van der Waals surface area contributed by atoms with Crippen LogP contribution in [0.3, 0.4) is 0 Å². The molecule has 5 heteroatoms. The predicted molar refractivity (Wildman–Crippen MR) is 75.0 cm³/mol. The molecule has 0 fully saturated rings. The molecule has 0 bridgehead atoms. The highest BCUT2D eigenvalue weighted by Crippen LogP contribution is 2.02. The highest BCUT2D eigenvalue weighted by Gasteiger charge is 2.18. The number of benzene rings is 1. The Bertz CT molecular complexity index is 508. The number of carboxylic acids is 1. The highest BCUT2D eigenvalue weighted by molar-refractivity contribution is 5.94. The number of carbonyl (C=O) groups is 3. The monoisotopic (exact) mass is 275 g/mol. The van der Waals surface area contributed by atoms with Gasteiger partial charge in [0.2, 0.25) is 5.91 Å². The molecular weight excluding hydrogens is 258 g/mol. The van der Waals surface area contributed by atoms with Gasteiger partial charge in [0.1, 0.15) is 11.8 Å². The summed E-state index contributed by atoms with van der Waals surface area (Å²) in [7, 11) is 0. The van der Waals surface area contributed by atoms with E-state index in [2.05, 4.69) is 5.32 Å². The largest absolute Gasteiger partial charge is 0.480 e. The van der Waals surface area contributed by atoms with Crippen LogP contribution in [0, 0.1) is 0 Å². The number of rotatable bonds is 7. The fourth-order valence-electron chi connectivity index (χ4n) is 1.56. The topological polar surface area (TPSA) is 83.5 Å². The molecular formula is C15H17NO4. The number of hydrogen-bond acceptors (Lipinski definition) is 3. The first-order chi connectivity index (χ1) is 9.49. The molecule has 0 saturated heterocycles. The number of ketones is 1. The summed E-state index contributed by atoms with van der Waals surface area (Å²) in [6.45, 7) is 1.38. The van der Waals surface area contributed by atoms with E-state index in [1.807, 2.05) is 30.3 Å². The molecule has 0 saturated carbocycles. The van der Waals surface area contributed by atoms with E-state index >= 15 is 0 Å². The third-order valence-electron chi connectivity index (χ3n) is 2.63. The van der Waals surface area contributed by atoms with Gasteiger partial charge < -0.3 is 15.2 Å². The Labute approximate surface area is 117 Å². The molecule has 5 nitrogen and oxygen atoms in total. The van der Waals surface area contributed by atoms with Crippen LogP contribution >= 0.6 is 0 Å². The lowest BCUT2D eigenvalue weighted by atomic mass is 10.1. The Kier molecular flexibility index (Phi) is 6.16. The van der Waals surface area contributed by atoms with Crippen molar-refractivity contribution in [2.24, 2.45) is 0 Å². The molecule has 106 valence electrons. The number of aliphatic carboxylic acids is 1. The Morgan fingerprint density at radius 1 is 1.25 bits per heavy atom. The number of carboxylic acid groups (broad SMARTS) is 1. The van der Waals surface area contributed by atoms with Gasteiger partial charge in [0, 0.05) is 12.5 Å². The van der Waals surface area contributed by atoms with E-state index < -0.39 is 17.9 Å². The molecule has 1 aromatic carbocycles. The second-order valence-corrected chi connectivity index (χ2v) is 4.38. The second-order valence-electron chi connectivity index (χ2n) is 4.38. The van der Waals surface area contributed by atoms with Crippen LogP contribution in [0.1, 0.15) is 25.3 Å². The minimum absolute atomic E-state index is 0.0928. The van der Waals surface area contributed by atoms with Gasteiger partial charge in [0.25, 0.3) is 0 Å². The van der Waals surface area contributed by atoms with Crippen molar-refractivity contribution in [1.29, 1.82) is 0 Å². The van der Waals surface area contributed by atoms with E-state index in [0.717, 1.165) is 5.56 Å². The first kappa shape index (κ1) is 15.6. The smallest absolute Gasteiger partial charge is 0.326 e. The predicted octanol–water partition coefficient (Wildman–Crippen LogP) is 1.64. The maximum Gasteiger partial charge on any atom is 0.326 e. The van der Waals surface area contributed by atoms with Crippen LogP contribution in [-0.4, -0.2) is 28.8 Å². The third-order valence-corrected chi connectivity index (χ3v) is 2.63. The molecule has 0 heterocycles. The van der Waals surface area contributed by atoms with Crippen molar-refractivity contribution in [3.8, 4) is 0 Å². The molecule has 1 atom stereocenters. The summed E-state index contributed by atoms with van der Waals surface area (Å²) < 4.78 is 0. The molecule has 20 heavy (non-hydrogen) atoms. The van der Waals surface area contributed by atoms with Crippen molar-refractivity contribution in [2.45, 2.75) is 25.8 Å². The number of Topliss-reactive ketones (excluding diaryl/α,β-unsaturated/α-hetero) is 1. The Hall–Kier alpha value is -2.43. The summed E-state index contributed by atoms with van der Waals surface area (Å²) in [5, 5.41) is 11.3. The first-order valence-corrected chi connectivity index (χ1v) is 6.25. The quantitative estimate of drug-likeness (QED) is 0.741.